The third-order valence-electron chi connectivity index (χ3n) is 1.86. The lowest BCUT2D eigenvalue weighted by Crippen LogP contribution is -1.86. The van der Waals surface area contributed by atoms with E-state index in [9.17, 15) is 4.79 Å². The van der Waals surface area contributed by atoms with E-state index in [0.717, 1.165) is 11.1 Å². The first kappa shape index (κ1) is 7.71. The molecule has 2 aromatic rings. The summed E-state index contributed by atoms with van der Waals surface area (Å²) in [6.07, 6.45) is 3.28. The molecular formula is C9H7N3O. The van der Waals surface area contributed by atoms with E-state index >= 15 is 0 Å². The predicted octanol–water partition coefficient (Wildman–Crippen LogP) is 1.61. The molecule has 0 radical (unpaired) electrons. The van der Waals surface area contributed by atoms with Crippen molar-refractivity contribution in [2.75, 3.05) is 0 Å². The van der Waals surface area contributed by atoms with Crippen LogP contribution < -0.4 is 0 Å². The molecule has 4 heteroatoms. The zero-order valence-corrected chi connectivity index (χ0v) is 7.06. The van der Waals surface area contributed by atoms with E-state index in [0.29, 0.717) is 5.82 Å². The molecule has 64 valence electrons. The van der Waals surface area contributed by atoms with Crippen molar-refractivity contribution in [1.82, 2.24) is 9.61 Å². The summed E-state index contributed by atoms with van der Waals surface area (Å²) in [6.45, 7) is 1.98. The zero-order chi connectivity index (χ0) is 9.26. The fraction of sp³-hybridized carbons (Fsp3) is 0.111. The summed E-state index contributed by atoms with van der Waals surface area (Å²) in [7, 11) is 0. The first-order valence-corrected chi connectivity index (χ1v) is 3.84. The second kappa shape index (κ2) is 2.84. The van der Waals surface area contributed by atoms with E-state index in [-0.39, 0.29) is 0 Å². The van der Waals surface area contributed by atoms with Crippen molar-refractivity contribution in [3.8, 4) is 0 Å². The zero-order valence-electron chi connectivity index (χ0n) is 7.06. The van der Waals surface area contributed by atoms with Crippen molar-refractivity contribution in [3.05, 3.63) is 30.0 Å². The number of rotatable bonds is 1. The Morgan fingerprint density at radius 2 is 2.46 bits per heavy atom. The molecule has 2 aromatic heterocycles. The maximum Gasteiger partial charge on any atom is 0.242 e. The van der Waals surface area contributed by atoms with Gasteiger partial charge in [0.25, 0.3) is 0 Å². The summed E-state index contributed by atoms with van der Waals surface area (Å²) < 4.78 is 1.69. The molecule has 0 spiro atoms. The van der Waals surface area contributed by atoms with Gasteiger partial charge in [0.1, 0.15) is 0 Å². The van der Waals surface area contributed by atoms with Gasteiger partial charge in [-0.2, -0.15) is 0 Å². The summed E-state index contributed by atoms with van der Waals surface area (Å²) in [6, 6.07) is 5.62. The molecule has 0 amide bonds. The molecule has 0 unspecified atom stereocenters. The lowest BCUT2D eigenvalue weighted by atomic mass is 10.2. The van der Waals surface area contributed by atoms with Gasteiger partial charge >= 0.3 is 0 Å². The van der Waals surface area contributed by atoms with Crippen molar-refractivity contribution in [2.24, 2.45) is 4.99 Å². The Morgan fingerprint density at radius 3 is 3.15 bits per heavy atom. The first-order chi connectivity index (χ1) is 6.31. The maximum absolute atomic E-state index is 10.00. The second-order valence-electron chi connectivity index (χ2n) is 2.73. The molecule has 0 saturated heterocycles. The van der Waals surface area contributed by atoms with Gasteiger partial charge in [-0.05, 0) is 18.6 Å². The smallest absolute Gasteiger partial charge is 0.239 e. The highest BCUT2D eigenvalue weighted by atomic mass is 16.1. The highest BCUT2D eigenvalue weighted by Gasteiger charge is 2.00. The number of aromatic nitrogens is 2. The monoisotopic (exact) mass is 173 g/mol. The quantitative estimate of drug-likeness (QED) is 0.485. The second-order valence-corrected chi connectivity index (χ2v) is 2.73. The number of carbonyl (C=O) groups excluding carboxylic acids is 1. The molecule has 0 bridgehead atoms. The summed E-state index contributed by atoms with van der Waals surface area (Å²) in [5, 5.41) is 4.05. The number of hydrogen-bond donors (Lipinski definition) is 0. The van der Waals surface area contributed by atoms with Crippen LogP contribution in [0.15, 0.2) is 29.4 Å². The fourth-order valence-corrected chi connectivity index (χ4v) is 1.25. The van der Waals surface area contributed by atoms with Crippen molar-refractivity contribution < 1.29 is 4.79 Å². The lowest BCUT2D eigenvalue weighted by molar-refractivity contribution is 0.565. The van der Waals surface area contributed by atoms with Crippen molar-refractivity contribution in [1.29, 1.82) is 0 Å². The Balaban J connectivity index is 2.75. The standard InChI is InChI=1S/C9H7N3O/c1-7-3-2-4-12-8(7)5-9(11-12)10-6-13/h2-5H,1H3. The number of fused-ring (bicyclic) bond motifs is 1. The Hall–Kier alpha value is -1.93. The van der Waals surface area contributed by atoms with Gasteiger partial charge in [-0.25, -0.2) is 9.31 Å². The van der Waals surface area contributed by atoms with Crippen molar-refractivity contribution >= 4 is 17.4 Å². The number of aryl methyl sites for hydroxylation is 1. The summed E-state index contributed by atoms with van der Waals surface area (Å²) >= 11 is 0. The molecule has 2 heterocycles. The largest absolute Gasteiger partial charge is 0.242 e. The third kappa shape index (κ3) is 1.23. The van der Waals surface area contributed by atoms with Crippen LogP contribution in [0.2, 0.25) is 0 Å². The minimum absolute atomic E-state index is 0.393. The van der Waals surface area contributed by atoms with Gasteiger partial charge in [0.05, 0.1) is 5.52 Å². The van der Waals surface area contributed by atoms with Gasteiger partial charge < -0.3 is 0 Å². The molecule has 0 fully saturated rings. The third-order valence-corrected chi connectivity index (χ3v) is 1.86. The van der Waals surface area contributed by atoms with Crippen LogP contribution in [0, 0.1) is 6.92 Å². The van der Waals surface area contributed by atoms with Crippen LogP contribution in [-0.2, 0) is 4.79 Å². The number of isocyanates is 1. The summed E-state index contributed by atoms with van der Waals surface area (Å²) in [5.41, 5.74) is 2.05. The Kier molecular flexibility index (Phi) is 1.69. The molecule has 0 aromatic carbocycles. The molecule has 4 nitrogen and oxygen atoms in total. The predicted molar refractivity (Wildman–Crippen MR) is 47.7 cm³/mol. The van der Waals surface area contributed by atoms with Gasteiger partial charge in [0, 0.05) is 12.3 Å². The Morgan fingerprint density at radius 1 is 1.62 bits per heavy atom. The van der Waals surface area contributed by atoms with E-state index in [4.69, 9.17) is 0 Å². The SMILES string of the molecule is Cc1cccn2nc(N=C=O)cc12. The summed E-state index contributed by atoms with van der Waals surface area (Å²) in [5.74, 6) is 0.393. The van der Waals surface area contributed by atoms with Gasteiger partial charge in [0.2, 0.25) is 6.08 Å². The Bertz CT molecular complexity index is 495. The normalized spacial score (nSPS) is 9.92. The van der Waals surface area contributed by atoms with Crippen LogP contribution in [0.25, 0.3) is 5.52 Å². The molecule has 0 aliphatic rings. The molecule has 0 aliphatic carbocycles. The molecule has 0 aliphatic heterocycles. The average molecular weight is 173 g/mol. The van der Waals surface area contributed by atoms with E-state index in [1.54, 1.807) is 10.6 Å². The molecule has 2 rings (SSSR count). The lowest BCUT2D eigenvalue weighted by Gasteiger charge is -1.93. The molecule has 13 heavy (non-hydrogen) atoms. The fourth-order valence-electron chi connectivity index (χ4n) is 1.25. The summed E-state index contributed by atoms with van der Waals surface area (Å²) in [4.78, 5) is 13.4. The average Bonchev–Trinajstić information content (AvgIpc) is 2.49. The van der Waals surface area contributed by atoms with Crippen molar-refractivity contribution in [3.63, 3.8) is 0 Å². The topological polar surface area (TPSA) is 46.7 Å². The van der Waals surface area contributed by atoms with E-state index in [2.05, 4.69) is 10.1 Å². The van der Waals surface area contributed by atoms with Crippen LogP contribution in [0.1, 0.15) is 5.56 Å². The van der Waals surface area contributed by atoms with Gasteiger partial charge in [-0.1, -0.05) is 6.07 Å². The van der Waals surface area contributed by atoms with Gasteiger partial charge in [-0.15, -0.1) is 10.1 Å². The van der Waals surface area contributed by atoms with Crippen LogP contribution >= 0.6 is 0 Å². The van der Waals surface area contributed by atoms with Crippen LogP contribution in [0.4, 0.5) is 5.82 Å². The van der Waals surface area contributed by atoms with E-state index in [1.165, 1.54) is 6.08 Å². The molecule has 0 atom stereocenters. The van der Waals surface area contributed by atoms with E-state index in [1.807, 2.05) is 25.3 Å². The molecule has 0 saturated carbocycles. The van der Waals surface area contributed by atoms with Crippen LogP contribution in [0.3, 0.4) is 0 Å². The van der Waals surface area contributed by atoms with Crippen LogP contribution in [-0.4, -0.2) is 15.7 Å². The van der Waals surface area contributed by atoms with Gasteiger partial charge in [0.15, 0.2) is 5.82 Å². The number of nitrogens with zero attached hydrogens (tertiary/aromatic N) is 3. The highest BCUT2D eigenvalue weighted by molar-refractivity contribution is 5.60. The van der Waals surface area contributed by atoms with E-state index < -0.39 is 0 Å². The van der Waals surface area contributed by atoms with Gasteiger partial charge in [-0.3, -0.25) is 0 Å². The Labute approximate surface area is 74.5 Å². The molecular weight excluding hydrogens is 166 g/mol. The highest BCUT2D eigenvalue weighted by Crippen LogP contribution is 2.15. The number of hydrogen-bond acceptors (Lipinski definition) is 3. The van der Waals surface area contributed by atoms with Crippen molar-refractivity contribution in [2.45, 2.75) is 6.92 Å². The molecule has 0 N–H and O–H groups in total. The minimum Gasteiger partial charge on any atom is -0.239 e. The minimum atomic E-state index is 0.393. The first-order valence-electron chi connectivity index (χ1n) is 3.84. The maximum atomic E-state index is 10.00. The van der Waals surface area contributed by atoms with Crippen LogP contribution in [0.5, 0.6) is 0 Å². The number of aliphatic imine (C=N–C) groups is 1. The number of pyridine rings is 1.